The minimum Gasteiger partial charge on any atom is -0.495 e. The molecule has 1 aromatic heterocycles. The van der Waals surface area contributed by atoms with E-state index in [1.165, 1.54) is 23.8 Å². The first-order chi connectivity index (χ1) is 13.2. The Hall–Kier alpha value is -2.85. The fourth-order valence-electron chi connectivity index (χ4n) is 2.54. The largest absolute Gasteiger partial charge is 0.495 e. The van der Waals surface area contributed by atoms with Gasteiger partial charge in [0.05, 0.1) is 18.4 Å². The molecule has 0 bridgehead atoms. The van der Waals surface area contributed by atoms with Crippen molar-refractivity contribution in [2.75, 3.05) is 18.2 Å². The number of nitrogens with two attached hydrogens (primary N) is 1. The highest BCUT2D eigenvalue weighted by Gasteiger charge is 2.31. The molecule has 0 spiro atoms. The summed E-state index contributed by atoms with van der Waals surface area (Å²) in [7, 11) is 1.47. The molecule has 0 aliphatic rings. The number of hydrogen-bond donors (Lipinski definition) is 2. The number of hydrogen-bond acceptors (Lipinski definition) is 5. The average Bonchev–Trinajstić information content (AvgIpc) is 2.96. The number of thiazole rings is 1. The van der Waals surface area contributed by atoms with E-state index in [1.54, 1.807) is 24.3 Å². The van der Waals surface area contributed by atoms with Crippen molar-refractivity contribution in [2.24, 2.45) is 0 Å². The Morgan fingerprint density at radius 2 is 1.93 bits per heavy atom. The third kappa shape index (κ3) is 3.87. The number of aromatic nitrogens is 1. The molecular formula is C18H14F3N3O2S2. The number of halogens is 3. The van der Waals surface area contributed by atoms with Crippen molar-refractivity contribution in [3.8, 4) is 11.4 Å². The lowest BCUT2D eigenvalue weighted by Crippen LogP contribution is -2.14. The molecular weight excluding hydrogens is 411 g/mol. The second kappa shape index (κ2) is 7.64. The maximum Gasteiger partial charge on any atom is 0.416 e. The fraction of sp³-hybridized carbons (Fsp3) is 0.111. The van der Waals surface area contributed by atoms with Crippen molar-refractivity contribution in [1.82, 2.24) is 4.57 Å². The Kier molecular flexibility index (Phi) is 5.43. The van der Waals surface area contributed by atoms with Gasteiger partial charge in [-0.15, -0.1) is 0 Å². The molecule has 0 unspecified atom stereocenters. The van der Waals surface area contributed by atoms with Gasteiger partial charge in [0.2, 0.25) is 0 Å². The number of nitrogens with zero attached hydrogens (tertiary/aromatic N) is 1. The smallest absolute Gasteiger partial charge is 0.416 e. The van der Waals surface area contributed by atoms with Gasteiger partial charge in [-0.3, -0.25) is 9.36 Å². The van der Waals surface area contributed by atoms with Gasteiger partial charge in [-0.05, 0) is 42.5 Å². The van der Waals surface area contributed by atoms with Crippen LogP contribution in [0.1, 0.15) is 15.2 Å². The number of alkyl halides is 3. The van der Waals surface area contributed by atoms with Crippen LogP contribution in [0.4, 0.5) is 24.7 Å². The van der Waals surface area contributed by atoms with E-state index < -0.39 is 17.6 Å². The highest BCUT2D eigenvalue weighted by atomic mass is 32.1. The molecule has 0 atom stereocenters. The predicted molar refractivity (Wildman–Crippen MR) is 105 cm³/mol. The normalized spacial score (nSPS) is 11.3. The topological polar surface area (TPSA) is 69.3 Å². The number of benzene rings is 2. The summed E-state index contributed by atoms with van der Waals surface area (Å²) in [6.45, 7) is 0. The molecule has 0 aliphatic heterocycles. The van der Waals surface area contributed by atoms with E-state index >= 15 is 0 Å². The first-order valence-corrected chi connectivity index (χ1v) is 9.08. The molecule has 3 rings (SSSR count). The second-order valence-corrected chi connectivity index (χ2v) is 7.26. The molecule has 1 amide bonds. The number of carbonyl (C=O) groups excluding carboxylic acids is 1. The average molecular weight is 425 g/mol. The van der Waals surface area contributed by atoms with Gasteiger partial charge in [0.25, 0.3) is 5.91 Å². The van der Waals surface area contributed by atoms with E-state index in [2.05, 4.69) is 5.32 Å². The Bertz CT molecular complexity index is 1090. The molecule has 2 aromatic carbocycles. The van der Waals surface area contributed by atoms with Gasteiger partial charge in [-0.2, -0.15) is 13.2 Å². The second-order valence-electron chi connectivity index (χ2n) is 5.62. The Labute approximate surface area is 167 Å². The third-order valence-electron chi connectivity index (χ3n) is 3.84. The lowest BCUT2D eigenvalue weighted by Gasteiger charge is -2.11. The van der Waals surface area contributed by atoms with Crippen molar-refractivity contribution >= 4 is 41.0 Å². The number of nitrogens with one attached hydrogen (secondary N) is 1. The maximum atomic E-state index is 13.0. The minimum atomic E-state index is -4.51. The summed E-state index contributed by atoms with van der Waals surface area (Å²) in [5, 5.41) is 2.67. The van der Waals surface area contributed by atoms with Crippen LogP contribution in [0.3, 0.4) is 0 Å². The van der Waals surface area contributed by atoms with Crippen LogP contribution in [0.2, 0.25) is 0 Å². The van der Waals surface area contributed by atoms with Crippen LogP contribution in [-0.2, 0) is 6.18 Å². The molecule has 0 fully saturated rings. The first-order valence-electron chi connectivity index (χ1n) is 7.85. The van der Waals surface area contributed by atoms with Crippen molar-refractivity contribution in [1.29, 1.82) is 0 Å². The summed E-state index contributed by atoms with van der Waals surface area (Å²) >= 11 is 6.14. The molecule has 0 radical (unpaired) electrons. The number of ether oxygens (including phenoxy) is 1. The van der Waals surface area contributed by atoms with Gasteiger partial charge in [-0.1, -0.05) is 29.5 Å². The molecule has 28 heavy (non-hydrogen) atoms. The third-order valence-corrected chi connectivity index (χ3v) is 5.23. The van der Waals surface area contributed by atoms with Gasteiger partial charge < -0.3 is 15.8 Å². The van der Waals surface area contributed by atoms with Gasteiger partial charge in [0.15, 0.2) is 3.95 Å². The first kappa shape index (κ1) is 19.9. The summed E-state index contributed by atoms with van der Waals surface area (Å²) < 4.78 is 45.6. The van der Waals surface area contributed by atoms with Crippen LogP contribution < -0.4 is 15.8 Å². The monoisotopic (exact) mass is 425 g/mol. The fourth-order valence-corrected chi connectivity index (χ4v) is 3.80. The summed E-state index contributed by atoms with van der Waals surface area (Å²) in [6.07, 6.45) is -4.51. The van der Waals surface area contributed by atoms with Crippen LogP contribution in [0.15, 0.2) is 48.5 Å². The quantitative estimate of drug-likeness (QED) is 0.569. The molecule has 3 N–H and O–H groups in total. The van der Waals surface area contributed by atoms with E-state index in [-0.39, 0.29) is 20.3 Å². The van der Waals surface area contributed by atoms with Crippen molar-refractivity contribution in [2.45, 2.75) is 6.18 Å². The molecule has 5 nitrogen and oxygen atoms in total. The van der Waals surface area contributed by atoms with Crippen LogP contribution in [-0.4, -0.2) is 17.6 Å². The number of amides is 1. The van der Waals surface area contributed by atoms with Crippen molar-refractivity contribution < 1.29 is 22.7 Å². The zero-order valence-electron chi connectivity index (χ0n) is 14.4. The summed E-state index contributed by atoms with van der Waals surface area (Å²) in [4.78, 5) is 12.7. The van der Waals surface area contributed by atoms with Crippen LogP contribution in [0.25, 0.3) is 5.69 Å². The Morgan fingerprint density at radius 3 is 2.61 bits per heavy atom. The van der Waals surface area contributed by atoms with Crippen LogP contribution in [0, 0.1) is 3.95 Å². The Morgan fingerprint density at radius 1 is 1.21 bits per heavy atom. The van der Waals surface area contributed by atoms with Gasteiger partial charge in [0, 0.05) is 5.69 Å². The van der Waals surface area contributed by atoms with Gasteiger partial charge in [-0.25, -0.2) is 0 Å². The molecule has 146 valence electrons. The van der Waals surface area contributed by atoms with Crippen molar-refractivity contribution in [3.63, 3.8) is 0 Å². The minimum absolute atomic E-state index is 0.0401. The number of carbonyl (C=O) groups is 1. The number of methoxy groups -OCH3 is 1. The highest BCUT2D eigenvalue weighted by molar-refractivity contribution is 7.73. The van der Waals surface area contributed by atoms with Gasteiger partial charge in [0.1, 0.15) is 16.4 Å². The molecule has 0 saturated heterocycles. The van der Waals surface area contributed by atoms with E-state index in [9.17, 15) is 18.0 Å². The molecule has 1 heterocycles. The predicted octanol–water partition coefficient (Wildman–Crippen LogP) is 5.13. The van der Waals surface area contributed by atoms with E-state index in [1.807, 2.05) is 0 Å². The Balaban J connectivity index is 1.99. The lowest BCUT2D eigenvalue weighted by atomic mass is 10.2. The summed E-state index contributed by atoms with van der Waals surface area (Å²) in [5.41, 5.74) is 5.78. The molecule has 3 aromatic rings. The summed E-state index contributed by atoms with van der Waals surface area (Å²) in [5.74, 6) is -0.124. The van der Waals surface area contributed by atoms with Crippen LogP contribution >= 0.6 is 23.6 Å². The molecule has 0 saturated carbocycles. The molecule has 0 aliphatic carbocycles. The standard InChI is InChI=1S/C18H14F3N3O2S2/c1-26-13-8-3-2-7-12(13)23-16(25)14-15(22)24(17(27)28-14)11-6-4-5-10(9-11)18(19,20)21/h2-9H,22H2,1H3,(H,23,25). The number of nitrogen functional groups attached to an aromatic ring is 1. The zero-order valence-corrected chi connectivity index (χ0v) is 16.0. The number of para-hydroxylation sites is 2. The van der Waals surface area contributed by atoms with E-state index in [0.29, 0.717) is 11.4 Å². The lowest BCUT2D eigenvalue weighted by molar-refractivity contribution is -0.137. The SMILES string of the molecule is COc1ccccc1NC(=O)c1sc(=S)n(-c2cccc(C(F)(F)F)c2)c1N. The molecule has 10 heteroatoms. The van der Waals surface area contributed by atoms with Crippen molar-refractivity contribution in [3.05, 3.63) is 62.9 Å². The van der Waals surface area contributed by atoms with Crippen LogP contribution in [0.5, 0.6) is 5.75 Å². The number of rotatable bonds is 4. The zero-order chi connectivity index (χ0) is 20.5. The van der Waals surface area contributed by atoms with E-state index in [4.69, 9.17) is 22.7 Å². The summed E-state index contributed by atoms with van der Waals surface area (Å²) in [6, 6.07) is 11.4. The highest BCUT2D eigenvalue weighted by Crippen LogP contribution is 2.33. The maximum absolute atomic E-state index is 13.0. The number of anilines is 2. The van der Waals surface area contributed by atoms with Gasteiger partial charge >= 0.3 is 6.18 Å². The van der Waals surface area contributed by atoms with E-state index in [0.717, 1.165) is 23.5 Å².